The summed E-state index contributed by atoms with van der Waals surface area (Å²) in [5, 5.41) is 3.71. The normalized spacial score (nSPS) is 13.5. The zero-order chi connectivity index (χ0) is 19.9. The second-order valence-electron chi connectivity index (χ2n) is 6.32. The summed E-state index contributed by atoms with van der Waals surface area (Å²) in [6, 6.07) is 11.7. The van der Waals surface area contributed by atoms with Gasteiger partial charge in [-0.05, 0) is 41.5 Å². The van der Waals surface area contributed by atoms with Crippen LogP contribution in [0.25, 0.3) is 11.1 Å². The first kappa shape index (κ1) is 18.1. The van der Waals surface area contributed by atoms with Gasteiger partial charge in [-0.1, -0.05) is 17.3 Å². The molecule has 1 amide bonds. The Bertz CT molecular complexity index is 1150. The fourth-order valence-corrected chi connectivity index (χ4v) is 4.14. The third kappa shape index (κ3) is 3.09. The molecule has 144 valence electrons. The number of hydrogen-bond acceptors (Lipinski definition) is 6. The van der Waals surface area contributed by atoms with Crippen molar-refractivity contribution in [2.75, 3.05) is 23.8 Å². The molecule has 0 atom stereocenters. The number of likely N-dealkylation sites (N-methyl/N-ethyl adjacent to an activating group) is 1. The third-order valence-corrected chi connectivity index (χ3v) is 5.97. The highest BCUT2D eigenvalue weighted by Crippen LogP contribution is 2.33. The second kappa shape index (κ2) is 6.68. The standard InChI is InChI=1S/C19H17N3O5S/c1-22-17-8-7-15(9-13(17)10-18(22)23)28(24,25)21-19-16(11-20-27-19)12-3-5-14(26-2)6-4-12/h3-9,11,21H,10H2,1-2H3. The highest BCUT2D eigenvalue weighted by Gasteiger charge is 2.27. The van der Waals surface area contributed by atoms with Gasteiger partial charge in [0.1, 0.15) is 5.75 Å². The van der Waals surface area contributed by atoms with Crippen molar-refractivity contribution < 1.29 is 22.5 Å². The van der Waals surface area contributed by atoms with Crippen molar-refractivity contribution >= 4 is 27.5 Å². The number of amides is 1. The van der Waals surface area contributed by atoms with E-state index in [9.17, 15) is 13.2 Å². The van der Waals surface area contributed by atoms with Gasteiger partial charge >= 0.3 is 0 Å². The van der Waals surface area contributed by atoms with Gasteiger partial charge in [-0.3, -0.25) is 4.79 Å². The summed E-state index contributed by atoms with van der Waals surface area (Å²) in [4.78, 5) is 13.4. The first-order valence-corrected chi connectivity index (χ1v) is 9.89. The van der Waals surface area contributed by atoms with Crippen LogP contribution in [0.2, 0.25) is 0 Å². The van der Waals surface area contributed by atoms with Crippen molar-refractivity contribution in [1.29, 1.82) is 0 Å². The highest BCUT2D eigenvalue weighted by atomic mass is 32.2. The van der Waals surface area contributed by atoms with Crippen LogP contribution in [0.15, 0.2) is 58.1 Å². The molecule has 2 aromatic carbocycles. The van der Waals surface area contributed by atoms with Crippen molar-refractivity contribution in [3.05, 3.63) is 54.2 Å². The zero-order valence-electron chi connectivity index (χ0n) is 15.2. The predicted molar refractivity (Wildman–Crippen MR) is 103 cm³/mol. The summed E-state index contributed by atoms with van der Waals surface area (Å²) in [5.41, 5.74) is 2.61. The molecule has 2 heterocycles. The van der Waals surface area contributed by atoms with Crippen LogP contribution in [0, 0.1) is 0 Å². The van der Waals surface area contributed by atoms with Crippen molar-refractivity contribution in [3.63, 3.8) is 0 Å². The van der Waals surface area contributed by atoms with Gasteiger partial charge in [0.05, 0.1) is 30.2 Å². The van der Waals surface area contributed by atoms with Crippen LogP contribution in [-0.2, 0) is 21.2 Å². The van der Waals surface area contributed by atoms with Crippen LogP contribution >= 0.6 is 0 Å². The number of aromatic nitrogens is 1. The number of carbonyl (C=O) groups excluding carboxylic acids is 1. The zero-order valence-corrected chi connectivity index (χ0v) is 16.0. The summed E-state index contributed by atoms with van der Waals surface area (Å²) < 4.78 is 38.3. The Kier molecular flexibility index (Phi) is 4.31. The number of carbonyl (C=O) groups is 1. The van der Waals surface area contributed by atoms with Crippen molar-refractivity contribution in [1.82, 2.24) is 5.16 Å². The van der Waals surface area contributed by atoms with Crippen LogP contribution < -0.4 is 14.4 Å². The SMILES string of the molecule is COc1ccc(-c2cnoc2NS(=O)(=O)c2ccc3c(c2)CC(=O)N3C)cc1. The monoisotopic (exact) mass is 399 g/mol. The summed E-state index contributed by atoms with van der Waals surface area (Å²) >= 11 is 0. The molecule has 0 fully saturated rings. The molecule has 8 nitrogen and oxygen atoms in total. The fraction of sp³-hybridized carbons (Fsp3) is 0.158. The number of nitrogens with one attached hydrogen (secondary N) is 1. The van der Waals surface area contributed by atoms with Crippen molar-refractivity contribution in [2.24, 2.45) is 0 Å². The van der Waals surface area contributed by atoms with E-state index >= 15 is 0 Å². The molecule has 1 aromatic heterocycles. The number of ether oxygens (including phenoxy) is 1. The smallest absolute Gasteiger partial charge is 0.264 e. The number of anilines is 2. The molecule has 1 aliphatic heterocycles. The summed E-state index contributed by atoms with van der Waals surface area (Å²) in [7, 11) is -0.693. The maximum absolute atomic E-state index is 12.8. The Morgan fingerprint density at radius 1 is 1.18 bits per heavy atom. The summed E-state index contributed by atoms with van der Waals surface area (Å²) in [5.74, 6) is 0.619. The summed E-state index contributed by atoms with van der Waals surface area (Å²) in [6.07, 6.45) is 1.62. The number of fused-ring (bicyclic) bond motifs is 1. The molecule has 1 aliphatic rings. The fourth-order valence-electron chi connectivity index (χ4n) is 3.08. The highest BCUT2D eigenvalue weighted by molar-refractivity contribution is 7.92. The molecular formula is C19H17N3O5S. The lowest BCUT2D eigenvalue weighted by atomic mass is 10.1. The van der Waals surface area contributed by atoms with E-state index in [1.54, 1.807) is 44.5 Å². The first-order valence-electron chi connectivity index (χ1n) is 8.40. The van der Waals surface area contributed by atoms with Crippen LogP contribution in [-0.4, -0.2) is 33.6 Å². The van der Waals surface area contributed by atoms with E-state index in [0.29, 0.717) is 22.6 Å². The Morgan fingerprint density at radius 2 is 1.93 bits per heavy atom. The molecular weight excluding hydrogens is 382 g/mol. The Morgan fingerprint density at radius 3 is 2.64 bits per heavy atom. The lowest BCUT2D eigenvalue weighted by molar-refractivity contribution is -0.117. The molecule has 4 rings (SSSR count). The number of benzene rings is 2. The largest absolute Gasteiger partial charge is 0.497 e. The van der Waals surface area contributed by atoms with E-state index in [4.69, 9.17) is 9.26 Å². The minimum Gasteiger partial charge on any atom is -0.497 e. The molecule has 0 radical (unpaired) electrons. The van der Waals surface area contributed by atoms with Gasteiger partial charge in [-0.25, -0.2) is 13.1 Å². The van der Waals surface area contributed by atoms with Crippen molar-refractivity contribution in [2.45, 2.75) is 11.3 Å². The lowest BCUT2D eigenvalue weighted by Gasteiger charge is -2.11. The Labute approximate surface area is 161 Å². The van der Waals surface area contributed by atoms with Gasteiger partial charge in [-0.2, -0.15) is 0 Å². The van der Waals surface area contributed by atoms with Gasteiger partial charge in [0, 0.05) is 12.7 Å². The number of hydrogen-bond donors (Lipinski definition) is 1. The number of sulfonamides is 1. The minimum absolute atomic E-state index is 0.0128. The Hall–Kier alpha value is -3.33. The van der Waals surface area contributed by atoms with Crippen molar-refractivity contribution in [3.8, 4) is 16.9 Å². The molecule has 0 aliphatic carbocycles. The number of rotatable bonds is 5. The first-order chi connectivity index (χ1) is 13.4. The predicted octanol–water partition coefficient (Wildman–Crippen LogP) is 2.67. The molecule has 0 spiro atoms. The van der Waals surface area contributed by atoms with E-state index in [-0.39, 0.29) is 23.1 Å². The van der Waals surface area contributed by atoms with Crippen LogP contribution in [0.1, 0.15) is 5.56 Å². The molecule has 0 bridgehead atoms. The molecule has 0 saturated heterocycles. The van der Waals surface area contributed by atoms with Crippen LogP contribution in [0.4, 0.5) is 11.6 Å². The molecule has 9 heteroatoms. The maximum Gasteiger partial charge on any atom is 0.264 e. The summed E-state index contributed by atoms with van der Waals surface area (Å²) in [6.45, 7) is 0. The number of methoxy groups -OCH3 is 1. The van der Waals surface area contributed by atoms with Gasteiger partial charge in [0.15, 0.2) is 0 Å². The van der Waals surface area contributed by atoms with Gasteiger partial charge in [0.2, 0.25) is 11.8 Å². The molecule has 0 saturated carbocycles. The Balaban J connectivity index is 1.64. The lowest BCUT2D eigenvalue weighted by Crippen LogP contribution is -2.20. The van der Waals surface area contributed by atoms with Gasteiger partial charge < -0.3 is 14.2 Å². The average molecular weight is 399 g/mol. The number of nitrogens with zero attached hydrogens (tertiary/aromatic N) is 2. The minimum atomic E-state index is -3.92. The van der Waals surface area contributed by atoms with E-state index in [1.807, 2.05) is 0 Å². The van der Waals surface area contributed by atoms with Gasteiger partial charge in [-0.15, -0.1) is 0 Å². The van der Waals surface area contributed by atoms with E-state index in [1.165, 1.54) is 23.2 Å². The topological polar surface area (TPSA) is 102 Å². The molecule has 3 aromatic rings. The van der Waals surface area contributed by atoms with E-state index in [0.717, 1.165) is 5.56 Å². The maximum atomic E-state index is 12.8. The molecule has 1 N–H and O–H groups in total. The second-order valence-corrected chi connectivity index (χ2v) is 8.01. The van der Waals surface area contributed by atoms with E-state index < -0.39 is 10.0 Å². The average Bonchev–Trinajstić information content (AvgIpc) is 3.25. The third-order valence-electron chi connectivity index (χ3n) is 4.64. The molecule has 0 unspecified atom stereocenters. The van der Waals surface area contributed by atoms with Crippen LogP contribution in [0.5, 0.6) is 5.75 Å². The van der Waals surface area contributed by atoms with E-state index in [2.05, 4.69) is 9.88 Å². The molecule has 28 heavy (non-hydrogen) atoms. The quantitative estimate of drug-likeness (QED) is 0.708. The van der Waals surface area contributed by atoms with Crippen LogP contribution in [0.3, 0.4) is 0 Å². The van der Waals surface area contributed by atoms with Gasteiger partial charge in [0.25, 0.3) is 10.0 Å².